The topological polar surface area (TPSA) is 82.4 Å². The summed E-state index contributed by atoms with van der Waals surface area (Å²) in [5.74, 6) is 1.21. The lowest BCUT2D eigenvalue weighted by atomic mass is 9.98. The van der Waals surface area contributed by atoms with Crippen molar-refractivity contribution in [3.05, 3.63) is 54.0 Å². The Hall–Kier alpha value is -3.50. The molecule has 0 N–H and O–H groups in total. The van der Waals surface area contributed by atoms with Gasteiger partial charge in [-0.15, -0.1) is 0 Å². The molecule has 2 aliphatic rings. The highest BCUT2D eigenvalue weighted by molar-refractivity contribution is 5.78. The fourth-order valence-electron chi connectivity index (χ4n) is 4.53. The minimum Gasteiger partial charge on any atom is -0.384 e. The van der Waals surface area contributed by atoms with Gasteiger partial charge in [-0.3, -0.25) is 4.79 Å². The Morgan fingerprint density at radius 1 is 1.21 bits per heavy atom. The molecule has 0 bridgehead atoms. The summed E-state index contributed by atoms with van der Waals surface area (Å²) < 4.78 is 5.06. The molecule has 34 heavy (non-hydrogen) atoms. The maximum atomic E-state index is 12.5. The molecule has 0 aromatic carbocycles. The molecule has 1 atom stereocenters. The number of piperazine rings is 1. The lowest BCUT2D eigenvalue weighted by Gasteiger charge is -2.41. The summed E-state index contributed by atoms with van der Waals surface area (Å²) in [5, 5.41) is 10.0. The molecule has 0 radical (unpaired) electrons. The number of methoxy groups -OCH3 is 1. The van der Waals surface area contributed by atoms with Gasteiger partial charge in [0.05, 0.1) is 35.7 Å². The molecule has 1 saturated carbocycles. The third kappa shape index (κ3) is 4.87. The van der Waals surface area contributed by atoms with Gasteiger partial charge in [-0.05, 0) is 55.7 Å². The van der Waals surface area contributed by atoms with Crippen molar-refractivity contribution in [2.75, 3.05) is 38.3 Å². The second-order valence-corrected chi connectivity index (χ2v) is 8.92. The van der Waals surface area contributed by atoms with Crippen molar-refractivity contribution in [3.8, 4) is 17.2 Å². The smallest absolute Gasteiger partial charge is 0.225 e. The summed E-state index contributed by atoms with van der Waals surface area (Å²) in [6.07, 6.45) is 6.01. The van der Waals surface area contributed by atoms with E-state index in [1.807, 2.05) is 30.0 Å². The summed E-state index contributed by atoms with van der Waals surface area (Å²) in [5.41, 5.74) is 5.04. The van der Waals surface area contributed by atoms with Gasteiger partial charge >= 0.3 is 0 Å². The number of pyridine rings is 2. The van der Waals surface area contributed by atoms with E-state index in [2.05, 4.69) is 29.1 Å². The standard InChI is InChI=1S/C27H31N5O2/c1-5-22-13-20(14-23(6-2)29-22)24-15-21(16-28)27(30-26(24)19-7-8-19)31-10-11-32(18(3)17-31)25(33)9-12-34-4/h5-6,13-15,18-19H,1-2,7-12,17H2,3-4H3. The Kier molecular flexibility index (Phi) is 7.09. The Balaban J connectivity index is 1.68. The minimum atomic E-state index is 0.0287. The van der Waals surface area contributed by atoms with Gasteiger partial charge < -0.3 is 14.5 Å². The zero-order valence-electron chi connectivity index (χ0n) is 20.0. The van der Waals surface area contributed by atoms with Gasteiger partial charge in [0.1, 0.15) is 11.9 Å². The van der Waals surface area contributed by atoms with Gasteiger partial charge in [0.25, 0.3) is 0 Å². The highest BCUT2D eigenvalue weighted by Gasteiger charge is 2.33. The number of rotatable bonds is 8. The van der Waals surface area contributed by atoms with E-state index in [1.54, 1.807) is 19.3 Å². The number of hydrogen-bond donors (Lipinski definition) is 0. The fraction of sp³-hybridized carbons (Fsp3) is 0.407. The van der Waals surface area contributed by atoms with Crippen LogP contribution in [0, 0.1) is 11.3 Å². The van der Waals surface area contributed by atoms with E-state index >= 15 is 0 Å². The molecule has 2 aromatic rings. The summed E-state index contributed by atoms with van der Waals surface area (Å²) in [6, 6.07) is 8.32. The Labute approximate surface area is 201 Å². The van der Waals surface area contributed by atoms with Crippen LogP contribution in [-0.2, 0) is 9.53 Å². The number of amides is 1. The molecule has 2 fully saturated rings. The summed E-state index contributed by atoms with van der Waals surface area (Å²) in [7, 11) is 1.60. The lowest BCUT2D eigenvalue weighted by molar-refractivity contribution is -0.134. The number of aromatic nitrogens is 2. The van der Waals surface area contributed by atoms with Crippen molar-refractivity contribution < 1.29 is 9.53 Å². The molecule has 1 aliphatic carbocycles. The van der Waals surface area contributed by atoms with Crippen LogP contribution in [0.3, 0.4) is 0 Å². The van der Waals surface area contributed by atoms with Crippen LogP contribution in [0.4, 0.5) is 5.82 Å². The lowest BCUT2D eigenvalue weighted by Crippen LogP contribution is -2.54. The predicted molar refractivity (Wildman–Crippen MR) is 134 cm³/mol. The molecule has 1 amide bonds. The molecule has 176 valence electrons. The Morgan fingerprint density at radius 3 is 2.47 bits per heavy atom. The summed E-state index contributed by atoms with van der Waals surface area (Å²) in [4.78, 5) is 26.2. The van der Waals surface area contributed by atoms with Crippen LogP contribution in [0.2, 0.25) is 0 Å². The van der Waals surface area contributed by atoms with Crippen LogP contribution in [0.25, 0.3) is 23.3 Å². The van der Waals surface area contributed by atoms with Gasteiger partial charge in [0.15, 0.2) is 0 Å². The molecular formula is C27H31N5O2. The maximum Gasteiger partial charge on any atom is 0.225 e. The number of nitrogens with zero attached hydrogens (tertiary/aromatic N) is 5. The third-order valence-corrected chi connectivity index (χ3v) is 6.48. The van der Waals surface area contributed by atoms with E-state index in [0.717, 1.165) is 41.1 Å². The number of ether oxygens (including phenoxy) is 1. The SMILES string of the molecule is C=Cc1cc(-c2cc(C#N)c(N3CCN(C(=O)CCOC)C(C)C3)nc2C2CC2)cc(C=C)n1. The van der Waals surface area contributed by atoms with E-state index in [4.69, 9.17) is 9.72 Å². The van der Waals surface area contributed by atoms with E-state index < -0.39 is 0 Å². The summed E-state index contributed by atoms with van der Waals surface area (Å²) >= 11 is 0. The highest BCUT2D eigenvalue weighted by Crippen LogP contribution is 2.45. The average Bonchev–Trinajstić information content (AvgIpc) is 3.71. The van der Waals surface area contributed by atoms with Gasteiger partial charge in [-0.1, -0.05) is 13.2 Å². The van der Waals surface area contributed by atoms with Gasteiger partial charge in [0.2, 0.25) is 5.91 Å². The van der Waals surface area contributed by atoms with Crippen molar-refractivity contribution in [1.82, 2.24) is 14.9 Å². The van der Waals surface area contributed by atoms with Crippen LogP contribution >= 0.6 is 0 Å². The van der Waals surface area contributed by atoms with Crippen LogP contribution in [0.5, 0.6) is 0 Å². The normalized spacial score (nSPS) is 17.9. The highest BCUT2D eigenvalue weighted by atomic mass is 16.5. The van der Waals surface area contributed by atoms with Crippen molar-refractivity contribution in [2.45, 2.75) is 38.1 Å². The Morgan fingerprint density at radius 2 is 1.91 bits per heavy atom. The minimum absolute atomic E-state index is 0.0287. The molecule has 1 saturated heterocycles. The van der Waals surface area contributed by atoms with E-state index in [9.17, 15) is 10.1 Å². The van der Waals surface area contributed by atoms with E-state index in [1.165, 1.54) is 0 Å². The molecule has 4 rings (SSSR count). The van der Waals surface area contributed by atoms with Crippen LogP contribution in [-0.4, -0.2) is 60.2 Å². The van der Waals surface area contributed by atoms with Crippen LogP contribution in [0.1, 0.15) is 54.7 Å². The second kappa shape index (κ2) is 10.2. The van der Waals surface area contributed by atoms with Crippen molar-refractivity contribution >= 4 is 23.9 Å². The molecule has 1 aliphatic heterocycles. The zero-order valence-corrected chi connectivity index (χ0v) is 20.0. The van der Waals surface area contributed by atoms with E-state index in [-0.39, 0.29) is 11.9 Å². The number of carbonyl (C=O) groups excluding carboxylic acids is 1. The maximum absolute atomic E-state index is 12.5. The first-order valence-corrected chi connectivity index (χ1v) is 11.7. The molecule has 2 aromatic heterocycles. The number of carbonyl (C=O) groups is 1. The Bertz CT molecular complexity index is 1120. The monoisotopic (exact) mass is 457 g/mol. The second-order valence-electron chi connectivity index (χ2n) is 8.92. The molecular weight excluding hydrogens is 426 g/mol. The third-order valence-electron chi connectivity index (χ3n) is 6.48. The fourth-order valence-corrected chi connectivity index (χ4v) is 4.53. The quantitative estimate of drug-likeness (QED) is 0.589. The van der Waals surface area contributed by atoms with Crippen molar-refractivity contribution in [3.63, 3.8) is 0 Å². The van der Waals surface area contributed by atoms with Crippen molar-refractivity contribution in [2.24, 2.45) is 0 Å². The molecule has 7 heteroatoms. The first-order chi connectivity index (χ1) is 16.5. The van der Waals surface area contributed by atoms with E-state index in [0.29, 0.717) is 50.0 Å². The molecule has 1 unspecified atom stereocenters. The van der Waals surface area contributed by atoms with Gasteiger partial charge in [-0.2, -0.15) is 5.26 Å². The molecule has 3 heterocycles. The van der Waals surface area contributed by atoms with Crippen LogP contribution < -0.4 is 4.90 Å². The van der Waals surface area contributed by atoms with Gasteiger partial charge in [-0.25, -0.2) is 9.97 Å². The molecule has 0 spiro atoms. The number of hydrogen-bond acceptors (Lipinski definition) is 6. The predicted octanol–water partition coefficient (Wildman–Crippen LogP) is 4.25. The number of anilines is 1. The first kappa shape index (κ1) is 23.7. The largest absolute Gasteiger partial charge is 0.384 e. The summed E-state index contributed by atoms with van der Waals surface area (Å²) in [6.45, 7) is 12.1. The van der Waals surface area contributed by atoms with Gasteiger partial charge in [0, 0.05) is 44.3 Å². The first-order valence-electron chi connectivity index (χ1n) is 11.7. The molecule has 7 nitrogen and oxygen atoms in total. The number of nitriles is 1. The average molecular weight is 458 g/mol. The van der Waals surface area contributed by atoms with Crippen LogP contribution in [0.15, 0.2) is 31.4 Å². The zero-order chi connectivity index (χ0) is 24.2. The van der Waals surface area contributed by atoms with Crippen molar-refractivity contribution in [1.29, 1.82) is 5.26 Å².